The van der Waals surface area contributed by atoms with Gasteiger partial charge in [-0.1, -0.05) is 66.2 Å². The van der Waals surface area contributed by atoms with Gasteiger partial charge >= 0.3 is 0 Å². The average Bonchev–Trinajstić information content (AvgIpc) is 2.54. The first kappa shape index (κ1) is 14.8. The van der Waals surface area contributed by atoms with E-state index in [1.807, 2.05) is 0 Å². The zero-order chi connectivity index (χ0) is 12.2. The number of alkyl halides is 3. The van der Waals surface area contributed by atoms with E-state index in [2.05, 4.69) is 39.8 Å². The van der Waals surface area contributed by atoms with Gasteiger partial charge in [0.2, 0.25) is 3.79 Å². The SMILES string of the molecule is CCCCCCn1nnc(C(Cl)(Cl)Cl)c1I. The fourth-order valence-electron chi connectivity index (χ4n) is 1.31. The Morgan fingerprint density at radius 3 is 2.44 bits per heavy atom. The molecule has 1 aromatic heterocycles. The quantitative estimate of drug-likeness (QED) is 0.422. The Labute approximate surface area is 124 Å². The van der Waals surface area contributed by atoms with E-state index in [0.29, 0.717) is 5.69 Å². The lowest BCUT2D eigenvalue weighted by Gasteiger charge is -2.07. The summed E-state index contributed by atoms with van der Waals surface area (Å²) in [6, 6.07) is 0. The topological polar surface area (TPSA) is 30.7 Å². The van der Waals surface area contributed by atoms with Crippen molar-refractivity contribution in [1.82, 2.24) is 15.0 Å². The fraction of sp³-hybridized carbons (Fsp3) is 0.778. The number of nitrogens with zero attached hydrogens (tertiary/aromatic N) is 3. The zero-order valence-corrected chi connectivity index (χ0v) is 13.3. The molecule has 1 rings (SSSR count). The number of hydrogen-bond donors (Lipinski definition) is 0. The Balaban J connectivity index is 2.59. The number of aryl methyl sites for hydroxylation is 1. The molecule has 0 aliphatic heterocycles. The molecule has 0 bridgehead atoms. The van der Waals surface area contributed by atoms with Crippen LogP contribution in [0.15, 0.2) is 0 Å². The van der Waals surface area contributed by atoms with Gasteiger partial charge in [0.25, 0.3) is 0 Å². The van der Waals surface area contributed by atoms with Crippen molar-refractivity contribution < 1.29 is 0 Å². The Bertz CT molecular complexity index is 335. The van der Waals surface area contributed by atoms with E-state index in [0.717, 1.165) is 16.7 Å². The van der Waals surface area contributed by atoms with Crippen molar-refractivity contribution in [1.29, 1.82) is 0 Å². The van der Waals surface area contributed by atoms with Crippen LogP contribution in [0, 0.1) is 3.70 Å². The lowest BCUT2D eigenvalue weighted by atomic mass is 10.2. The molecule has 0 saturated carbocycles. The van der Waals surface area contributed by atoms with E-state index in [4.69, 9.17) is 34.8 Å². The molecule has 0 amide bonds. The molecule has 1 aromatic rings. The lowest BCUT2D eigenvalue weighted by Crippen LogP contribution is -2.06. The number of hydrogen-bond acceptors (Lipinski definition) is 2. The maximum Gasteiger partial charge on any atom is 0.237 e. The predicted molar refractivity (Wildman–Crippen MR) is 76.1 cm³/mol. The van der Waals surface area contributed by atoms with Crippen molar-refractivity contribution >= 4 is 57.4 Å². The van der Waals surface area contributed by atoms with Gasteiger partial charge in [-0.25, -0.2) is 4.68 Å². The van der Waals surface area contributed by atoms with Gasteiger partial charge in [-0.05, 0) is 29.0 Å². The highest BCUT2D eigenvalue weighted by atomic mass is 127. The highest BCUT2D eigenvalue weighted by Gasteiger charge is 2.30. The molecule has 1 heterocycles. The summed E-state index contributed by atoms with van der Waals surface area (Å²) in [5.41, 5.74) is 0.411. The van der Waals surface area contributed by atoms with Crippen LogP contribution in [0.4, 0.5) is 0 Å². The summed E-state index contributed by atoms with van der Waals surface area (Å²) in [5.74, 6) is 0. The summed E-state index contributed by atoms with van der Waals surface area (Å²) in [4.78, 5) is 0. The molecule has 0 aliphatic rings. The number of rotatable bonds is 5. The van der Waals surface area contributed by atoms with Crippen molar-refractivity contribution in [2.24, 2.45) is 0 Å². The van der Waals surface area contributed by atoms with E-state index in [1.165, 1.54) is 19.3 Å². The molecule has 0 atom stereocenters. The molecule has 0 aliphatic carbocycles. The largest absolute Gasteiger partial charge is 0.239 e. The normalized spacial score (nSPS) is 12.1. The molecule has 0 saturated heterocycles. The van der Waals surface area contributed by atoms with Crippen LogP contribution in [0.25, 0.3) is 0 Å². The first-order chi connectivity index (χ1) is 7.46. The third kappa shape index (κ3) is 4.20. The van der Waals surface area contributed by atoms with Crippen LogP contribution in [0.1, 0.15) is 38.3 Å². The Hall–Kier alpha value is 0.740. The molecule has 0 aromatic carbocycles. The molecule has 0 fully saturated rings. The second-order valence-corrected chi connectivity index (χ2v) is 6.81. The predicted octanol–water partition coefficient (Wildman–Crippen LogP) is 4.29. The summed E-state index contributed by atoms with van der Waals surface area (Å²) < 4.78 is 1.10. The molecule has 0 radical (unpaired) electrons. The number of aromatic nitrogens is 3. The highest BCUT2D eigenvalue weighted by Crippen LogP contribution is 2.38. The van der Waals surface area contributed by atoms with E-state index in [9.17, 15) is 0 Å². The van der Waals surface area contributed by atoms with Crippen molar-refractivity contribution in [2.45, 2.75) is 42.9 Å². The van der Waals surface area contributed by atoms with Crippen LogP contribution in [-0.4, -0.2) is 15.0 Å². The van der Waals surface area contributed by atoms with Crippen LogP contribution in [-0.2, 0) is 10.3 Å². The van der Waals surface area contributed by atoms with E-state index >= 15 is 0 Å². The van der Waals surface area contributed by atoms with Gasteiger partial charge in [-0.3, -0.25) is 0 Å². The summed E-state index contributed by atoms with van der Waals surface area (Å²) >= 11 is 19.4. The molecular formula is C9H13Cl3IN3. The van der Waals surface area contributed by atoms with Crippen molar-refractivity contribution in [2.75, 3.05) is 0 Å². The third-order valence-corrected chi connectivity index (χ3v) is 3.77. The standard InChI is InChI=1S/C9H13Cl3IN3/c1-2-3-4-5-6-16-8(13)7(14-15-16)9(10,11)12/h2-6H2,1H3. The fourth-order valence-corrected chi connectivity index (χ4v) is 3.02. The number of unbranched alkanes of at least 4 members (excludes halogenated alkanes) is 3. The van der Waals surface area contributed by atoms with Gasteiger partial charge in [-0.15, -0.1) is 5.10 Å². The monoisotopic (exact) mass is 395 g/mol. The highest BCUT2D eigenvalue weighted by molar-refractivity contribution is 14.1. The van der Waals surface area contributed by atoms with E-state index < -0.39 is 3.79 Å². The van der Waals surface area contributed by atoms with Crippen LogP contribution in [0.3, 0.4) is 0 Å². The first-order valence-corrected chi connectivity index (χ1v) is 7.34. The van der Waals surface area contributed by atoms with Crippen LogP contribution in [0.5, 0.6) is 0 Å². The molecule has 3 nitrogen and oxygen atoms in total. The molecule has 92 valence electrons. The van der Waals surface area contributed by atoms with Gasteiger partial charge < -0.3 is 0 Å². The summed E-state index contributed by atoms with van der Waals surface area (Å²) in [6.45, 7) is 3.01. The second kappa shape index (κ2) is 6.61. The zero-order valence-electron chi connectivity index (χ0n) is 8.89. The smallest absolute Gasteiger partial charge is 0.237 e. The Kier molecular flexibility index (Phi) is 6.12. The molecule has 16 heavy (non-hydrogen) atoms. The minimum Gasteiger partial charge on any atom is -0.239 e. The molecule has 0 spiro atoms. The third-order valence-electron chi connectivity index (χ3n) is 2.17. The summed E-state index contributed by atoms with van der Waals surface area (Å²) in [6.07, 6.45) is 4.72. The van der Waals surface area contributed by atoms with Gasteiger partial charge in [0, 0.05) is 6.54 Å². The van der Waals surface area contributed by atoms with Crippen molar-refractivity contribution in [3.63, 3.8) is 0 Å². The second-order valence-electron chi connectivity index (χ2n) is 3.51. The minimum absolute atomic E-state index is 0.411. The van der Waals surface area contributed by atoms with Gasteiger partial charge in [0.1, 0.15) is 9.39 Å². The molecule has 7 heteroatoms. The first-order valence-electron chi connectivity index (χ1n) is 5.13. The van der Waals surface area contributed by atoms with Crippen molar-refractivity contribution in [3.05, 3.63) is 9.39 Å². The Morgan fingerprint density at radius 2 is 1.94 bits per heavy atom. The van der Waals surface area contributed by atoms with E-state index in [1.54, 1.807) is 4.68 Å². The maximum absolute atomic E-state index is 5.77. The minimum atomic E-state index is -1.49. The van der Waals surface area contributed by atoms with Crippen LogP contribution >= 0.6 is 57.4 Å². The molecule has 0 unspecified atom stereocenters. The molecule has 0 N–H and O–H groups in total. The number of halogens is 4. The van der Waals surface area contributed by atoms with Crippen LogP contribution in [0.2, 0.25) is 0 Å². The average molecular weight is 396 g/mol. The lowest BCUT2D eigenvalue weighted by molar-refractivity contribution is 0.520. The molecular weight excluding hydrogens is 383 g/mol. The Morgan fingerprint density at radius 1 is 1.25 bits per heavy atom. The van der Waals surface area contributed by atoms with E-state index in [-0.39, 0.29) is 0 Å². The van der Waals surface area contributed by atoms with Gasteiger partial charge in [-0.2, -0.15) is 0 Å². The van der Waals surface area contributed by atoms with Gasteiger partial charge in [0.15, 0.2) is 0 Å². The summed E-state index contributed by atoms with van der Waals surface area (Å²) in [7, 11) is 0. The van der Waals surface area contributed by atoms with Crippen LogP contribution < -0.4 is 0 Å². The van der Waals surface area contributed by atoms with Gasteiger partial charge in [0.05, 0.1) is 0 Å². The summed E-state index contributed by atoms with van der Waals surface area (Å²) in [5, 5.41) is 7.88. The van der Waals surface area contributed by atoms with Crippen molar-refractivity contribution in [3.8, 4) is 0 Å². The maximum atomic E-state index is 5.77.